The number of hydrogen-bond donors (Lipinski definition) is 3. The van der Waals surface area contributed by atoms with Crippen molar-refractivity contribution in [1.29, 1.82) is 0 Å². The minimum Gasteiger partial charge on any atom is -0.376 e. The third-order valence-electron chi connectivity index (χ3n) is 3.15. The molecule has 0 aromatic heterocycles. The van der Waals surface area contributed by atoms with Crippen LogP contribution >= 0.6 is 11.6 Å². The fraction of sp³-hybridized carbons (Fsp3) is 0.222. The van der Waals surface area contributed by atoms with E-state index in [9.17, 15) is 9.59 Å². The van der Waals surface area contributed by atoms with E-state index in [4.69, 9.17) is 11.6 Å². The van der Waals surface area contributed by atoms with E-state index in [2.05, 4.69) is 16.0 Å². The molecule has 0 saturated carbocycles. The molecule has 2 aromatic rings. The van der Waals surface area contributed by atoms with Gasteiger partial charge in [-0.05, 0) is 62.4 Å². The number of carbonyl (C=O) groups excluding carboxylic acids is 2. The highest BCUT2D eigenvalue weighted by atomic mass is 35.5. The molecule has 0 saturated heterocycles. The minimum atomic E-state index is -0.177. The van der Waals surface area contributed by atoms with Gasteiger partial charge in [-0.2, -0.15) is 0 Å². The first kappa shape index (κ1) is 17.8. The summed E-state index contributed by atoms with van der Waals surface area (Å²) in [5.74, 6) is -0.309. The summed E-state index contributed by atoms with van der Waals surface area (Å²) in [7, 11) is 0. The Bertz CT molecular complexity index is 697. The molecule has 0 bridgehead atoms. The Morgan fingerprint density at radius 1 is 0.958 bits per heavy atom. The zero-order valence-corrected chi connectivity index (χ0v) is 14.4. The molecule has 0 spiro atoms. The van der Waals surface area contributed by atoms with Crippen molar-refractivity contribution < 1.29 is 9.59 Å². The lowest BCUT2D eigenvalue weighted by Gasteiger charge is -2.10. The third kappa shape index (κ3) is 5.59. The predicted molar refractivity (Wildman–Crippen MR) is 97.6 cm³/mol. The van der Waals surface area contributed by atoms with Crippen molar-refractivity contribution >= 4 is 34.8 Å². The van der Waals surface area contributed by atoms with E-state index in [0.717, 1.165) is 5.69 Å². The maximum atomic E-state index is 11.9. The highest BCUT2D eigenvalue weighted by Gasteiger charge is 2.07. The summed E-state index contributed by atoms with van der Waals surface area (Å²) in [5.41, 5.74) is 2.01. The lowest BCUT2D eigenvalue weighted by molar-refractivity contribution is -0.114. The second-order valence-corrected chi connectivity index (χ2v) is 6.05. The van der Waals surface area contributed by atoms with Crippen LogP contribution in [0.5, 0.6) is 0 Å². The van der Waals surface area contributed by atoms with Crippen molar-refractivity contribution in [1.82, 2.24) is 5.32 Å². The SMILES string of the molecule is CC(C)NC(=O)c1ccc(NC(=O)CNc2ccc(Cl)cc2)cc1. The molecule has 0 heterocycles. The first-order chi connectivity index (χ1) is 11.4. The summed E-state index contributed by atoms with van der Waals surface area (Å²) in [6, 6.07) is 14.0. The molecule has 2 amide bonds. The van der Waals surface area contributed by atoms with Crippen LogP contribution in [-0.2, 0) is 4.79 Å². The van der Waals surface area contributed by atoms with Crippen LogP contribution in [0.4, 0.5) is 11.4 Å². The zero-order valence-electron chi connectivity index (χ0n) is 13.6. The van der Waals surface area contributed by atoms with E-state index in [0.29, 0.717) is 16.3 Å². The lowest BCUT2D eigenvalue weighted by atomic mass is 10.2. The van der Waals surface area contributed by atoms with E-state index >= 15 is 0 Å². The first-order valence-corrected chi connectivity index (χ1v) is 8.02. The quantitative estimate of drug-likeness (QED) is 0.750. The summed E-state index contributed by atoms with van der Waals surface area (Å²) in [4.78, 5) is 23.8. The van der Waals surface area contributed by atoms with Gasteiger partial charge in [-0.25, -0.2) is 0 Å². The van der Waals surface area contributed by atoms with Gasteiger partial charge in [0, 0.05) is 28.0 Å². The first-order valence-electron chi connectivity index (χ1n) is 7.64. The molecule has 0 aliphatic rings. The monoisotopic (exact) mass is 345 g/mol. The smallest absolute Gasteiger partial charge is 0.251 e. The highest BCUT2D eigenvalue weighted by molar-refractivity contribution is 6.30. The summed E-state index contributed by atoms with van der Waals surface area (Å²) in [5, 5.41) is 9.24. The zero-order chi connectivity index (χ0) is 17.5. The molecular weight excluding hydrogens is 326 g/mol. The molecule has 2 aromatic carbocycles. The molecule has 0 aliphatic carbocycles. The van der Waals surface area contributed by atoms with E-state index in [-0.39, 0.29) is 24.4 Å². The van der Waals surface area contributed by atoms with Crippen molar-refractivity contribution in [2.24, 2.45) is 0 Å². The average Bonchev–Trinajstić information content (AvgIpc) is 2.54. The van der Waals surface area contributed by atoms with Gasteiger partial charge >= 0.3 is 0 Å². The van der Waals surface area contributed by atoms with Gasteiger partial charge < -0.3 is 16.0 Å². The van der Waals surface area contributed by atoms with E-state index < -0.39 is 0 Å². The van der Waals surface area contributed by atoms with E-state index in [1.165, 1.54) is 0 Å². The molecule has 0 atom stereocenters. The Kier molecular flexibility index (Phi) is 6.21. The third-order valence-corrected chi connectivity index (χ3v) is 3.40. The Morgan fingerprint density at radius 2 is 1.54 bits per heavy atom. The number of nitrogens with one attached hydrogen (secondary N) is 3. The summed E-state index contributed by atoms with van der Waals surface area (Å²) in [6.07, 6.45) is 0. The maximum absolute atomic E-state index is 11.9. The molecule has 3 N–H and O–H groups in total. The molecule has 2 rings (SSSR count). The largest absolute Gasteiger partial charge is 0.376 e. The van der Waals surface area contributed by atoms with Crippen LogP contribution in [0.2, 0.25) is 5.02 Å². The second kappa shape index (κ2) is 8.36. The molecule has 6 heteroatoms. The van der Waals surface area contributed by atoms with E-state index in [1.807, 2.05) is 13.8 Å². The number of anilines is 2. The van der Waals surface area contributed by atoms with Crippen molar-refractivity contribution in [2.75, 3.05) is 17.2 Å². The Labute approximate surface area is 146 Å². The van der Waals surface area contributed by atoms with Crippen LogP contribution in [0.3, 0.4) is 0 Å². The van der Waals surface area contributed by atoms with Crippen LogP contribution < -0.4 is 16.0 Å². The van der Waals surface area contributed by atoms with Gasteiger partial charge in [0.05, 0.1) is 6.54 Å². The number of amides is 2. The van der Waals surface area contributed by atoms with Crippen LogP contribution in [0.1, 0.15) is 24.2 Å². The Balaban J connectivity index is 1.85. The predicted octanol–water partition coefficient (Wildman–Crippen LogP) is 3.53. The van der Waals surface area contributed by atoms with Gasteiger partial charge in [-0.3, -0.25) is 9.59 Å². The average molecular weight is 346 g/mol. The molecule has 5 nitrogen and oxygen atoms in total. The van der Waals surface area contributed by atoms with Crippen molar-refractivity contribution in [3.63, 3.8) is 0 Å². The van der Waals surface area contributed by atoms with Gasteiger partial charge in [-0.1, -0.05) is 11.6 Å². The number of halogens is 1. The fourth-order valence-corrected chi connectivity index (χ4v) is 2.13. The van der Waals surface area contributed by atoms with Crippen molar-refractivity contribution in [2.45, 2.75) is 19.9 Å². The molecular formula is C18H20ClN3O2. The topological polar surface area (TPSA) is 70.2 Å². The van der Waals surface area contributed by atoms with Crippen LogP contribution in [0.15, 0.2) is 48.5 Å². The van der Waals surface area contributed by atoms with Crippen LogP contribution in [-0.4, -0.2) is 24.4 Å². The summed E-state index contributed by atoms with van der Waals surface area (Å²) in [6.45, 7) is 3.94. The molecule has 24 heavy (non-hydrogen) atoms. The Morgan fingerprint density at radius 3 is 2.12 bits per heavy atom. The summed E-state index contributed by atoms with van der Waals surface area (Å²) >= 11 is 5.81. The number of rotatable bonds is 6. The van der Waals surface area contributed by atoms with Gasteiger partial charge in [0.25, 0.3) is 5.91 Å². The van der Waals surface area contributed by atoms with E-state index in [1.54, 1.807) is 48.5 Å². The molecule has 0 radical (unpaired) electrons. The molecule has 126 valence electrons. The van der Waals surface area contributed by atoms with Crippen molar-refractivity contribution in [3.8, 4) is 0 Å². The molecule has 0 fully saturated rings. The number of hydrogen-bond acceptors (Lipinski definition) is 3. The molecule has 0 unspecified atom stereocenters. The molecule has 0 aliphatic heterocycles. The lowest BCUT2D eigenvalue weighted by Crippen LogP contribution is -2.30. The normalized spacial score (nSPS) is 10.3. The number of benzene rings is 2. The van der Waals surface area contributed by atoms with Gasteiger partial charge in [0.15, 0.2) is 0 Å². The van der Waals surface area contributed by atoms with Crippen LogP contribution in [0, 0.1) is 0 Å². The Hall–Kier alpha value is -2.53. The van der Waals surface area contributed by atoms with Crippen molar-refractivity contribution in [3.05, 3.63) is 59.1 Å². The van der Waals surface area contributed by atoms with Gasteiger partial charge in [0.2, 0.25) is 5.91 Å². The van der Waals surface area contributed by atoms with Crippen LogP contribution in [0.25, 0.3) is 0 Å². The summed E-state index contributed by atoms with van der Waals surface area (Å²) < 4.78 is 0. The van der Waals surface area contributed by atoms with Gasteiger partial charge in [0.1, 0.15) is 0 Å². The fourth-order valence-electron chi connectivity index (χ4n) is 2.01. The minimum absolute atomic E-state index is 0.0795. The van der Waals surface area contributed by atoms with Gasteiger partial charge in [-0.15, -0.1) is 0 Å². The number of carbonyl (C=O) groups is 2. The standard InChI is InChI=1S/C18H20ClN3O2/c1-12(2)21-18(24)13-3-7-16(8-4-13)22-17(23)11-20-15-9-5-14(19)6-10-15/h3-10,12,20H,11H2,1-2H3,(H,21,24)(H,22,23). The maximum Gasteiger partial charge on any atom is 0.251 e. The second-order valence-electron chi connectivity index (χ2n) is 5.61. The highest BCUT2D eigenvalue weighted by Crippen LogP contribution is 2.13.